The molecule has 1 atom stereocenters. The Labute approximate surface area is 188 Å². The minimum Gasteiger partial charge on any atom is -0.490 e. The first-order valence-electron chi connectivity index (χ1n) is 11.2. The Balaban J connectivity index is 1.52. The normalized spacial score (nSPS) is 18.0. The summed E-state index contributed by atoms with van der Waals surface area (Å²) in [5.41, 5.74) is 1.92. The van der Waals surface area contributed by atoms with Crippen molar-refractivity contribution in [3.05, 3.63) is 53.8 Å². The lowest BCUT2D eigenvalue weighted by molar-refractivity contribution is 0.0180. The molecule has 0 aliphatic carbocycles. The number of benzene rings is 2. The van der Waals surface area contributed by atoms with Gasteiger partial charge in [-0.15, -0.1) is 0 Å². The lowest BCUT2D eigenvalue weighted by Gasteiger charge is -2.34. The highest BCUT2D eigenvalue weighted by molar-refractivity contribution is 5.94. The van der Waals surface area contributed by atoms with Crippen molar-refractivity contribution in [2.75, 3.05) is 57.9 Å². The molecule has 0 aromatic heterocycles. The van der Waals surface area contributed by atoms with Crippen LogP contribution in [-0.2, 0) is 4.74 Å². The van der Waals surface area contributed by atoms with Crippen LogP contribution in [0.2, 0.25) is 0 Å². The highest BCUT2D eigenvalue weighted by Gasteiger charge is 2.23. The van der Waals surface area contributed by atoms with E-state index in [-0.39, 0.29) is 11.9 Å². The molecule has 0 bridgehead atoms. The van der Waals surface area contributed by atoms with Crippen LogP contribution in [0, 0.1) is 5.82 Å². The van der Waals surface area contributed by atoms with Crippen molar-refractivity contribution < 1.29 is 18.6 Å². The number of rotatable bonds is 6. The fourth-order valence-corrected chi connectivity index (χ4v) is 3.87. The molecular weight excluding hydrogens is 411 g/mol. The van der Waals surface area contributed by atoms with Crippen molar-refractivity contribution >= 4 is 11.6 Å². The van der Waals surface area contributed by atoms with E-state index >= 15 is 0 Å². The van der Waals surface area contributed by atoms with E-state index in [9.17, 15) is 4.39 Å². The average Bonchev–Trinajstić information content (AvgIpc) is 3.06. The molecule has 2 heterocycles. The van der Waals surface area contributed by atoms with E-state index in [0.29, 0.717) is 38.9 Å². The van der Waals surface area contributed by atoms with Gasteiger partial charge in [0.15, 0.2) is 17.5 Å². The molecule has 2 N–H and O–H groups in total. The largest absolute Gasteiger partial charge is 0.490 e. The van der Waals surface area contributed by atoms with Gasteiger partial charge < -0.3 is 24.8 Å². The topological polar surface area (TPSA) is 67.4 Å². The van der Waals surface area contributed by atoms with Gasteiger partial charge in [-0.1, -0.05) is 12.1 Å². The standard InChI is InChI=1S/C24H31FN4O3/c1-2-26-24(28-20-8-9-22-23(16-20)32-13-3-12-31-22)27-17-21(29-10-14-30-15-11-29)18-4-6-19(25)7-5-18/h4-9,16,21H,2-3,10-15,17H2,1H3,(H2,26,27,28). The molecule has 0 amide bonds. The van der Waals surface area contributed by atoms with Gasteiger partial charge >= 0.3 is 0 Å². The van der Waals surface area contributed by atoms with Gasteiger partial charge in [-0.2, -0.15) is 0 Å². The number of guanidine groups is 1. The predicted molar refractivity (Wildman–Crippen MR) is 123 cm³/mol. The van der Waals surface area contributed by atoms with Crippen molar-refractivity contribution in [2.45, 2.75) is 19.4 Å². The first kappa shape index (κ1) is 22.4. The Kier molecular flexibility index (Phi) is 7.79. The zero-order valence-electron chi connectivity index (χ0n) is 18.5. The highest BCUT2D eigenvalue weighted by atomic mass is 19.1. The van der Waals surface area contributed by atoms with Crippen LogP contribution in [0.5, 0.6) is 11.5 Å². The van der Waals surface area contributed by atoms with Gasteiger partial charge in [-0.05, 0) is 36.8 Å². The second-order valence-corrected chi connectivity index (χ2v) is 7.77. The molecule has 2 aromatic rings. The lowest BCUT2D eigenvalue weighted by Crippen LogP contribution is -2.41. The Morgan fingerprint density at radius 3 is 2.53 bits per heavy atom. The minimum atomic E-state index is -0.234. The summed E-state index contributed by atoms with van der Waals surface area (Å²) in [5.74, 6) is 1.95. The SMILES string of the molecule is CCNC(=NCC(c1ccc(F)cc1)N1CCOCC1)Nc1ccc2c(c1)OCCCO2. The van der Waals surface area contributed by atoms with Gasteiger partial charge in [-0.25, -0.2) is 4.39 Å². The molecule has 1 saturated heterocycles. The van der Waals surface area contributed by atoms with Gasteiger partial charge in [0.2, 0.25) is 0 Å². The van der Waals surface area contributed by atoms with E-state index in [4.69, 9.17) is 19.2 Å². The van der Waals surface area contributed by atoms with Crippen LogP contribution in [0.4, 0.5) is 10.1 Å². The van der Waals surface area contributed by atoms with E-state index in [2.05, 4.69) is 15.5 Å². The molecule has 8 heteroatoms. The van der Waals surface area contributed by atoms with Crippen LogP contribution in [0.1, 0.15) is 24.9 Å². The molecule has 0 saturated carbocycles. The van der Waals surface area contributed by atoms with Crippen molar-refractivity contribution in [3.8, 4) is 11.5 Å². The minimum absolute atomic E-state index is 0.0405. The smallest absolute Gasteiger partial charge is 0.195 e. The van der Waals surface area contributed by atoms with Crippen molar-refractivity contribution in [1.29, 1.82) is 0 Å². The summed E-state index contributed by atoms with van der Waals surface area (Å²) in [4.78, 5) is 7.20. The van der Waals surface area contributed by atoms with E-state index in [0.717, 1.165) is 48.8 Å². The maximum atomic E-state index is 13.5. The summed E-state index contributed by atoms with van der Waals surface area (Å²) < 4.78 is 30.5. The summed E-state index contributed by atoms with van der Waals surface area (Å²) in [6, 6.07) is 12.6. The Morgan fingerprint density at radius 2 is 1.78 bits per heavy atom. The second kappa shape index (κ2) is 11.2. The first-order chi connectivity index (χ1) is 15.7. The van der Waals surface area contributed by atoms with E-state index < -0.39 is 0 Å². The van der Waals surface area contributed by atoms with E-state index in [1.165, 1.54) is 12.1 Å². The average molecular weight is 443 g/mol. The number of aliphatic imine (C=N–C) groups is 1. The van der Waals surface area contributed by atoms with Crippen molar-refractivity contribution in [2.24, 2.45) is 4.99 Å². The van der Waals surface area contributed by atoms with Gasteiger partial charge in [-0.3, -0.25) is 9.89 Å². The molecule has 2 aliphatic rings. The van der Waals surface area contributed by atoms with Crippen LogP contribution in [0.3, 0.4) is 0 Å². The highest BCUT2D eigenvalue weighted by Crippen LogP contribution is 2.32. The van der Waals surface area contributed by atoms with Gasteiger partial charge in [0.1, 0.15) is 5.82 Å². The number of ether oxygens (including phenoxy) is 3. The number of hydrogen-bond donors (Lipinski definition) is 2. The Morgan fingerprint density at radius 1 is 1.03 bits per heavy atom. The zero-order valence-corrected chi connectivity index (χ0v) is 18.5. The molecule has 2 aromatic carbocycles. The molecule has 7 nitrogen and oxygen atoms in total. The number of nitrogens with zero attached hydrogens (tertiary/aromatic N) is 2. The van der Waals surface area contributed by atoms with Crippen LogP contribution >= 0.6 is 0 Å². The van der Waals surface area contributed by atoms with E-state index in [1.54, 1.807) is 0 Å². The van der Waals surface area contributed by atoms with Crippen LogP contribution in [0.15, 0.2) is 47.5 Å². The molecule has 2 aliphatic heterocycles. The number of nitrogens with one attached hydrogen (secondary N) is 2. The summed E-state index contributed by atoms with van der Waals surface area (Å²) in [6.07, 6.45) is 0.869. The molecule has 0 radical (unpaired) electrons. The number of fused-ring (bicyclic) bond motifs is 1. The summed E-state index contributed by atoms with van der Waals surface area (Å²) in [7, 11) is 0. The monoisotopic (exact) mass is 442 g/mol. The van der Waals surface area contributed by atoms with Gasteiger partial charge in [0, 0.05) is 37.8 Å². The fraction of sp³-hybridized carbons (Fsp3) is 0.458. The number of anilines is 1. The quantitative estimate of drug-likeness (QED) is 0.528. The van der Waals surface area contributed by atoms with Crippen LogP contribution in [0.25, 0.3) is 0 Å². The predicted octanol–water partition coefficient (Wildman–Crippen LogP) is 3.44. The van der Waals surface area contributed by atoms with E-state index in [1.807, 2.05) is 37.3 Å². The van der Waals surface area contributed by atoms with Gasteiger partial charge in [0.05, 0.1) is 39.0 Å². The Bertz CT molecular complexity index is 901. The zero-order chi connectivity index (χ0) is 22.2. The molecule has 1 fully saturated rings. The fourth-order valence-electron chi connectivity index (χ4n) is 3.87. The molecular formula is C24H31FN4O3. The van der Waals surface area contributed by atoms with Gasteiger partial charge in [0.25, 0.3) is 0 Å². The maximum absolute atomic E-state index is 13.5. The molecule has 0 spiro atoms. The summed E-state index contributed by atoms with van der Waals surface area (Å²) in [5, 5.41) is 6.68. The third kappa shape index (κ3) is 5.89. The summed E-state index contributed by atoms with van der Waals surface area (Å²) in [6.45, 7) is 7.63. The van der Waals surface area contributed by atoms with Crippen molar-refractivity contribution in [1.82, 2.24) is 10.2 Å². The third-order valence-corrected chi connectivity index (χ3v) is 5.52. The summed E-state index contributed by atoms with van der Waals surface area (Å²) >= 11 is 0. The maximum Gasteiger partial charge on any atom is 0.195 e. The second-order valence-electron chi connectivity index (χ2n) is 7.77. The number of hydrogen-bond acceptors (Lipinski definition) is 5. The third-order valence-electron chi connectivity index (χ3n) is 5.52. The van der Waals surface area contributed by atoms with Crippen LogP contribution < -0.4 is 20.1 Å². The molecule has 1 unspecified atom stereocenters. The number of halogens is 1. The number of morpholine rings is 1. The van der Waals surface area contributed by atoms with Crippen molar-refractivity contribution in [3.63, 3.8) is 0 Å². The first-order valence-corrected chi connectivity index (χ1v) is 11.2. The molecule has 172 valence electrons. The lowest BCUT2D eigenvalue weighted by atomic mass is 10.0. The molecule has 4 rings (SSSR count). The Hall–Kier alpha value is -2.84. The molecule has 32 heavy (non-hydrogen) atoms. The van der Waals surface area contributed by atoms with Crippen LogP contribution in [-0.4, -0.2) is 63.5 Å².